The summed E-state index contributed by atoms with van der Waals surface area (Å²) in [6.07, 6.45) is 3.83. The molecule has 1 aliphatic carbocycles. The fraction of sp³-hybridized carbons (Fsp3) is 0.643. The molecule has 0 saturated heterocycles. The highest BCUT2D eigenvalue weighted by Crippen LogP contribution is 2.26. The maximum Gasteiger partial charge on any atom is 0.239 e. The smallest absolute Gasteiger partial charge is 0.239 e. The lowest BCUT2D eigenvalue weighted by Gasteiger charge is -2.16. The van der Waals surface area contributed by atoms with Crippen molar-refractivity contribution in [3.63, 3.8) is 0 Å². The highest BCUT2D eigenvalue weighted by molar-refractivity contribution is 5.53. The first-order chi connectivity index (χ1) is 9.20. The van der Waals surface area contributed by atoms with Crippen LogP contribution in [0, 0.1) is 5.92 Å². The molecule has 4 N–H and O–H groups in total. The number of pyridine rings is 1. The molecule has 1 heterocycles. The lowest BCUT2D eigenvalue weighted by atomic mass is 10.1. The molecule has 1 aromatic heterocycles. The van der Waals surface area contributed by atoms with Crippen LogP contribution in [-0.4, -0.2) is 29.3 Å². The first kappa shape index (κ1) is 13.9. The molecule has 2 rings (SSSR count). The van der Waals surface area contributed by atoms with E-state index >= 15 is 0 Å². The molecular formula is C14H23N3O2. The number of aliphatic hydroxyl groups excluding tert-OH is 1. The zero-order chi connectivity index (χ0) is 13.7. The Morgan fingerprint density at radius 2 is 2.32 bits per heavy atom. The predicted octanol–water partition coefficient (Wildman–Crippen LogP) is 2.03. The van der Waals surface area contributed by atoms with E-state index in [9.17, 15) is 5.11 Å². The maximum atomic E-state index is 9.78. The van der Waals surface area contributed by atoms with Crippen LogP contribution in [0.1, 0.15) is 32.6 Å². The topological polar surface area (TPSA) is 80.4 Å². The average Bonchev–Trinajstić information content (AvgIpc) is 2.82. The first-order valence-corrected chi connectivity index (χ1v) is 7.02. The molecule has 0 amide bonds. The lowest BCUT2D eigenvalue weighted by Crippen LogP contribution is -2.22. The summed E-state index contributed by atoms with van der Waals surface area (Å²) in [5, 5.41) is 13.0. The van der Waals surface area contributed by atoms with Crippen molar-refractivity contribution in [1.82, 2.24) is 4.98 Å². The molecule has 1 saturated carbocycles. The molecule has 0 spiro atoms. The summed E-state index contributed by atoms with van der Waals surface area (Å²) in [7, 11) is 0. The number of nitrogens with zero attached hydrogens (tertiary/aromatic N) is 1. The molecule has 1 aromatic rings. The van der Waals surface area contributed by atoms with E-state index in [0.29, 0.717) is 24.1 Å². The molecule has 106 valence electrons. The zero-order valence-corrected chi connectivity index (χ0v) is 11.4. The number of rotatable bonds is 6. The second-order valence-electron chi connectivity index (χ2n) is 5.08. The van der Waals surface area contributed by atoms with Crippen molar-refractivity contribution >= 4 is 11.5 Å². The molecule has 19 heavy (non-hydrogen) atoms. The molecule has 2 unspecified atom stereocenters. The Labute approximate surface area is 114 Å². The van der Waals surface area contributed by atoms with Gasteiger partial charge in [0, 0.05) is 12.5 Å². The largest absolute Gasteiger partial charge is 0.476 e. The number of ether oxygens (including phenoxy) is 1. The van der Waals surface area contributed by atoms with Gasteiger partial charge in [-0.15, -0.1) is 0 Å². The third-order valence-electron chi connectivity index (χ3n) is 3.50. The van der Waals surface area contributed by atoms with Gasteiger partial charge in [-0.05, 0) is 31.4 Å². The molecule has 1 fully saturated rings. The Morgan fingerprint density at radius 1 is 1.47 bits per heavy atom. The number of hydrogen-bond donors (Lipinski definition) is 3. The molecule has 0 bridgehead atoms. The Hall–Kier alpha value is -1.49. The lowest BCUT2D eigenvalue weighted by molar-refractivity contribution is 0.138. The van der Waals surface area contributed by atoms with Crippen molar-refractivity contribution in [2.75, 3.05) is 24.2 Å². The van der Waals surface area contributed by atoms with Crippen LogP contribution < -0.4 is 15.8 Å². The number of hydrogen-bond acceptors (Lipinski definition) is 5. The van der Waals surface area contributed by atoms with E-state index in [2.05, 4.69) is 10.3 Å². The van der Waals surface area contributed by atoms with Gasteiger partial charge in [-0.2, -0.15) is 4.98 Å². The Kier molecular flexibility index (Phi) is 4.85. The first-order valence-electron chi connectivity index (χ1n) is 7.02. The van der Waals surface area contributed by atoms with Crippen LogP contribution in [0.5, 0.6) is 5.88 Å². The van der Waals surface area contributed by atoms with E-state index in [-0.39, 0.29) is 6.10 Å². The number of anilines is 2. The van der Waals surface area contributed by atoms with E-state index in [1.165, 1.54) is 0 Å². The number of aromatic nitrogens is 1. The second kappa shape index (κ2) is 6.61. The van der Waals surface area contributed by atoms with E-state index in [4.69, 9.17) is 10.5 Å². The molecular weight excluding hydrogens is 242 g/mol. The molecule has 0 radical (unpaired) electrons. The SMILES string of the molecule is CCCOc1nc(NCC2CCCC2O)ccc1N. The predicted molar refractivity (Wildman–Crippen MR) is 76.3 cm³/mol. The van der Waals surface area contributed by atoms with Gasteiger partial charge in [0.1, 0.15) is 5.82 Å². The molecule has 5 heteroatoms. The molecule has 2 atom stereocenters. The van der Waals surface area contributed by atoms with Crippen LogP contribution in [0.15, 0.2) is 12.1 Å². The summed E-state index contributed by atoms with van der Waals surface area (Å²) in [5.41, 5.74) is 6.37. The van der Waals surface area contributed by atoms with Gasteiger partial charge in [-0.1, -0.05) is 13.3 Å². The van der Waals surface area contributed by atoms with E-state index < -0.39 is 0 Å². The minimum Gasteiger partial charge on any atom is -0.476 e. The standard InChI is InChI=1S/C14H23N3O2/c1-2-8-19-14-11(15)6-7-13(17-14)16-9-10-4-3-5-12(10)18/h6-7,10,12,18H,2-5,8-9,15H2,1H3,(H,16,17). The summed E-state index contributed by atoms with van der Waals surface area (Å²) in [6, 6.07) is 3.64. The second-order valence-corrected chi connectivity index (χ2v) is 5.08. The Bertz CT molecular complexity index is 412. The Morgan fingerprint density at radius 3 is 3.00 bits per heavy atom. The summed E-state index contributed by atoms with van der Waals surface area (Å²) < 4.78 is 5.49. The highest BCUT2D eigenvalue weighted by atomic mass is 16.5. The van der Waals surface area contributed by atoms with Gasteiger partial charge in [0.05, 0.1) is 18.4 Å². The van der Waals surface area contributed by atoms with E-state index in [1.54, 1.807) is 6.07 Å². The van der Waals surface area contributed by atoms with Crippen molar-refractivity contribution in [1.29, 1.82) is 0 Å². The van der Waals surface area contributed by atoms with Crippen molar-refractivity contribution in [2.45, 2.75) is 38.7 Å². The highest BCUT2D eigenvalue weighted by Gasteiger charge is 2.24. The minimum atomic E-state index is -0.183. The van der Waals surface area contributed by atoms with Gasteiger partial charge in [-0.3, -0.25) is 0 Å². The van der Waals surface area contributed by atoms with Crippen LogP contribution in [0.2, 0.25) is 0 Å². The molecule has 1 aliphatic rings. The fourth-order valence-electron chi connectivity index (χ4n) is 2.36. The van der Waals surface area contributed by atoms with Gasteiger partial charge in [0.2, 0.25) is 5.88 Å². The number of aliphatic hydroxyl groups is 1. The number of nitrogens with two attached hydrogens (primary N) is 1. The van der Waals surface area contributed by atoms with Crippen molar-refractivity contribution in [3.8, 4) is 5.88 Å². The van der Waals surface area contributed by atoms with Crippen molar-refractivity contribution < 1.29 is 9.84 Å². The minimum absolute atomic E-state index is 0.183. The third-order valence-corrected chi connectivity index (χ3v) is 3.50. The van der Waals surface area contributed by atoms with Crippen LogP contribution in [0.4, 0.5) is 11.5 Å². The monoisotopic (exact) mass is 265 g/mol. The van der Waals surface area contributed by atoms with Gasteiger partial charge in [-0.25, -0.2) is 0 Å². The van der Waals surface area contributed by atoms with Gasteiger partial charge < -0.3 is 20.9 Å². The third kappa shape index (κ3) is 3.73. The van der Waals surface area contributed by atoms with Crippen LogP contribution in [0.25, 0.3) is 0 Å². The summed E-state index contributed by atoms with van der Waals surface area (Å²) in [5.74, 6) is 1.55. The number of nitrogen functional groups attached to an aromatic ring is 1. The van der Waals surface area contributed by atoms with Crippen molar-refractivity contribution in [3.05, 3.63) is 12.1 Å². The summed E-state index contributed by atoms with van der Waals surface area (Å²) in [6.45, 7) is 3.40. The summed E-state index contributed by atoms with van der Waals surface area (Å²) >= 11 is 0. The van der Waals surface area contributed by atoms with E-state index in [1.807, 2.05) is 13.0 Å². The molecule has 0 aromatic carbocycles. The van der Waals surface area contributed by atoms with Gasteiger partial charge in [0.15, 0.2) is 0 Å². The van der Waals surface area contributed by atoms with Gasteiger partial charge in [0.25, 0.3) is 0 Å². The molecule has 0 aliphatic heterocycles. The normalized spacial score (nSPS) is 22.4. The Balaban J connectivity index is 1.92. The van der Waals surface area contributed by atoms with E-state index in [0.717, 1.165) is 38.0 Å². The average molecular weight is 265 g/mol. The summed E-state index contributed by atoms with van der Waals surface area (Å²) in [4.78, 5) is 4.36. The van der Waals surface area contributed by atoms with Gasteiger partial charge >= 0.3 is 0 Å². The quantitative estimate of drug-likeness (QED) is 0.733. The molecule has 5 nitrogen and oxygen atoms in total. The van der Waals surface area contributed by atoms with Crippen LogP contribution >= 0.6 is 0 Å². The van der Waals surface area contributed by atoms with Crippen molar-refractivity contribution in [2.24, 2.45) is 5.92 Å². The van der Waals surface area contributed by atoms with Crippen LogP contribution in [0.3, 0.4) is 0 Å². The van der Waals surface area contributed by atoms with Crippen LogP contribution in [-0.2, 0) is 0 Å². The zero-order valence-electron chi connectivity index (χ0n) is 11.4. The fourth-order valence-corrected chi connectivity index (χ4v) is 2.36. The number of nitrogens with one attached hydrogen (secondary N) is 1. The maximum absolute atomic E-state index is 9.78.